The molecule has 0 saturated carbocycles. The SMILES string of the molecule is CCc1cc(OCC(=O)N2CCN(c3cccc(C)c3)C(C)C2)nc2c1c(C)nn2-c1ccc(C)cc1. The van der Waals surface area contributed by atoms with Gasteiger partial charge < -0.3 is 14.5 Å². The van der Waals surface area contributed by atoms with Gasteiger partial charge in [-0.2, -0.15) is 10.1 Å². The number of ether oxygens (including phenoxy) is 1. The van der Waals surface area contributed by atoms with Crippen molar-refractivity contribution in [3.05, 3.63) is 77.0 Å². The molecule has 1 saturated heterocycles. The van der Waals surface area contributed by atoms with Gasteiger partial charge in [0.1, 0.15) is 0 Å². The molecule has 0 radical (unpaired) electrons. The van der Waals surface area contributed by atoms with E-state index in [-0.39, 0.29) is 18.6 Å². The number of piperazine rings is 1. The van der Waals surface area contributed by atoms with Gasteiger partial charge in [0.2, 0.25) is 5.88 Å². The minimum Gasteiger partial charge on any atom is -0.467 e. The minimum atomic E-state index is -0.0313. The summed E-state index contributed by atoms with van der Waals surface area (Å²) in [5, 5.41) is 5.82. The van der Waals surface area contributed by atoms with Crippen LogP contribution in [0.15, 0.2) is 54.6 Å². The second-order valence-corrected chi connectivity index (χ2v) is 10.0. The maximum atomic E-state index is 13.1. The lowest BCUT2D eigenvalue weighted by molar-refractivity contribution is -0.134. The fourth-order valence-corrected chi connectivity index (χ4v) is 5.17. The largest absolute Gasteiger partial charge is 0.467 e. The first-order chi connectivity index (χ1) is 17.8. The van der Waals surface area contributed by atoms with Crippen molar-refractivity contribution in [3.8, 4) is 11.6 Å². The van der Waals surface area contributed by atoms with Crippen LogP contribution in [0, 0.1) is 20.8 Å². The van der Waals surface area contributed by atoms with E-state index in [1.807, 2.05) is 34.7 Å². The molecule has 1 fully saturated rings. The van der Waals surface area contributed by atoms with Gasteiger partial charge >= 0.3 is 0 Å². The van der Waals surface area contributed by atoms with Crippen LogP contribution >= 0.6 is 0 Å². The van der Waals surface area contributed by atoms with Gasteiger partial charge in [0.05, 0.1) is 11.4 Å². The molecule has 7 nitrogen and oxygen atoms in total. The summed E-state index contributed by atoms with van der Waals surface area (Å²) in [6.07, 6.45) is 0.822. The summed E-state index contributed by atoms with van der Waals surface area (Å²) < 4.78 is 7.86. The Hall–Kier alpha value is -3.87. The zero-order chi connectivity index (χ0) is 26.1. The first-order valence-corrected chi connectivity index (χ1v) is 13.0. The molecule has 3 heterocycles. The minimum absolute atomic E-state index is 0.0149. The van der Waals surface area contributed by atoms with Crippen LogP contribution in [0.4, 0.5) is 5.69 Å². The number of benzene rings is 2. The molecule has 37 heavy (non-hydrogen) atoms. The van der Waals surface area contributed by atoms with Crippen molar-refractivity contribution in [1.82, 2.24) is 19.7 Å². The Balaban J connectivity index is 1.31. The lowest BCUT2D eigenvalue weighted by Gasteiger charge is -2.41. The molecule has 1 aliphatic heterocycles. The van der Waals surface area contributed by atoms with Crippen LogP contribution in [-0.4, -0.2) is 57.9 Å². The molecular weight excluding hydrogens is 462 g/mol. The average Bonchev–Trinajstić information content (AvgIpc) is 3.23. The topological polar surface area (TPSA) is 63.5 Å². The highest BCUT2D eigenvalue weighted by molar-refractivity contribution is 5.84. The van der Waals surface area contributed by atoms with E-state index in [4.69, 9.17) is 14.8 Å². The molecule has 0 spiro atoms. The number of anilines is 1. The average molecular weight is 498 g/mol. The van der Waals surface area contributed by atoms with Gasteiger partial charge in [0.15, 0.2) is 12.3 Å². The summed E-state index contributed by atoms with van der Waals surface area (Å²) in [4.78, 5) is 22.2. The maximum Gasteiger partial charge on any atom is 0.260 e. The van der Waals surface area contributed by atoms with Crippen molar-refractivity contribution in [2.24, 2.45) is 0 Å². The molecule has 1 atom stereocenters. The number of fused-ring (bicyclic) bond motifs is 1. The first-order valence-electron chi connectivity index (χ1n) is 13.0. The van der Waals surface area contributed by atoms with Crippen LogP contribution in [0.25, 0.3) is 16.7 Å². The lowest BCUT2D eigenvalue weighted by Crippen LogP contribution is -2.54. The van der Waals surface area contributed by atoms with Crippen LogP contribution in [0.5, 0.6) is 5.88 Å². The predicted octanol–water partition coefficient (Wildman–Crippen LogP) is 5.02. The maximum absolute atomic E-state index is 13.1. The second kappa shape index (κ2) is 10.2. The summed E-state index contributed by atoms with van der Waals surface area (Å²) in [7, 11) is 0. The smallest absolute Gasteiger partial charge is 0.260 e. The number of aromatic nitrogens is 3. The van der Waals surface area contributed by atoms with E-state index >= 15 is 0 Å². The van der Waals surface area contributed by atoms with Crippen LogP contribution in [-0.2, 0) is 11.2 Å². The van der Waals surface area contributed by atoms with E-state index in [9.17, 15) is 4.79 Å². The second-order valence-electron chi connectivity index (χ2n) is 10.0. The van der Waals surface area contributed by atoms with E-state index in [1.54, 1.807) is 0 Å². The Morgan fingerprint density at radius 2 is 1.78 bits per heavy atom. The third-order valence-corrected chi connectivity index (χ3v) is 7.19. The standard InChI is InChI=1S/C30H35N5O2/c1-6-24-17-27(31-30-29(24)23(5)32-35(30)25-12-10-20(2)11-13-25)37-19-28(36)33-14-15-34(22(4)18-33)26-9-7-8-21(3)16-26/h7-13,16-17,22H,6,14-15,18-19H2,1-5H3. The Bertz CT molecular complexity index is 1430. The number of carbonyl (C=O) groups excluding carboxylic acids is 1. The first kappa shape index (κ1) is 24.8. The van der Waals surface area contributed by atoms with Crippen molar-refractivity contribution in [2.45, 2.75) is 47.1 Å². The highest BCUT2D eigenvalue weighted by Gasteiger charge is 2.27. The number of nitrogens with zero attached hydrogens (tertiary/aromatic N) is 5. The van der Waals surface area contributed by atoms with Gasteiger partial charge in [-0.3, -0.25) is 4.79 Å². The molecule has 192 valence electrons. The zero-order valence-corrected chi connectivity index (χ0v) is 22.4. The molecule has 0 aliphatic carbocycles. The highest BCUT2D eigenvalue weighted by Crippen LogP contribution is 2.28. The van der Waals surface area contributed by atoms with Crippen LogP contribution in [0.3, 0.4) is 0 Å². The number of carbonyl (C=O) groups is 1. The van der Waals surface area contributed by atoms with E-state index < -0.39 is 0 Å². The zero-order valence-electron chi connectivity index (χ0n) is 22.4. The van der Waals surface area contributed by atoms with Crippen LogP contribution in [0.2, 0.25) is 0 Å². The van der Waals surface area contributed by atoms with Crippen molar-refractivity contribution >= 4 is 22.6 Å². The summed E-state index contributed by atoms with van der Waals surface area (Å²) >= 11 is 0. The number of aryl methyl sites for hydroxylation is 4. The molecule has 7 heteroatoms. The summed E-state index contributed by atoms with van der Waals surface area (Å²) in [5.41, 5.74) is 7.39. The van der Waals surface area contributed by atoms with Crippen molar-refractivity contribution in [3.63, 3.8) is 0 Å². The van der Waals surface area contributed by atoms with Crippen LogP contribution < -0.4 is 9.64 Å². The van der Waals surface area contributed by atoms with Gasteiger partial charge in [-0.1, -0.05) is 36.8 Å². The normalized spacial score (nSPS) is 15.9. The molecule has 0 bridgehead atoms. The van der Waals surface area contributed by atoms with E-state index in [1.165, 1.54) is 16.8 Å². The molecule has 1 aliphatic rings. The molecule has 0 N–H and O–H groups in total. The quantitative estimate of drug-likeness (QED) is 0.374. The van der Waals surface area contributed by atoms with Gasteiger partial charge in [0.25, 0.3) is 5.91 Å². The predicted molar refractivity (Wildman–Crippen MR) is 148 cm³/mol. The molecule has 4 aromatic rings. The van der Waals surface area contributed by atoms with Crippen molar-refractivity contribution < 1.29 is 9.53 Å². The number of hydrogen-bond acceptors (Lipinski definition) is 5. The van der Waals surface area contributed by atoms with E-state index in [2.05, 4.69) is 69.0 Å². The Morgan fingerprint density at radius 1 is 1.00 bits per heavy atom. The third kappa shape index (κ3) is 5.03. The van der Waals surface area contributed by atoms with E-state index in [0.29, 0.717) is 19.0 Å². The molecular formula is C30H35N5O2. The molecule has 2 aromatic carbocycles. The molecule has 2 aromatic heterocycles. The summed E-state index contributed by atoms with van der Waals surface area (Å²) in [5.74, 6) is 0.441. The monoisotopic (exact) mass is 497 g/mol. The summed E-state index contributed by atoms with van der Waals surface area (Å²) in [6.45, 7) is 12.6. The van der Waals surface area contributed by atoms with Gasteiger partial charge in [-0.25, -0.2) is 4.68 Å². The lowest BCUT2D eigenvalue weighted by atomic mass is 10.1. The van der Waals surface area contributed by atoms with Crippen molar-refractivity contribution in [2.75, 3.05) is 31.1 Å². The Kier molecular flexibility index (Phi) is 6.87. The van der Waals surface area contributed by atoms with Gasteiger partial charge in [-0.15, -0.1) is 0 Å². The number of hydrogen-bond donors (Lipinski definition) is 0. The van der Waals surface area contributed by atoms with Gasteiger partial charge in [0, 0.05) is 42.8 Å². The number of rotatable bonds is 6. The van der Waals surface area contributed by atoms with Crippen LogP contribution in [0.1, 0.15) is 36.2 Å². The summed E-state index contributed by atoms with van der Waals surface area (Å²) in [6, 6.07) is 18.9. The highest BCUT2D eigenvalue weighted by atomic mass is 16.5. The van der Waals surface area contributed by atoms with Crippen molar-refractivity contribution in [1.29, 1.82) is 0 Å². The molecule has 1 amide bonds. The van der Waals surface area contributed by atoms with E-state index in [0.717, 1.165) is 40.9 Å². The molecule has 1 unspecified atom stereocenters. The Morgan fingerprint density at radius 3 is 2.49 bits per heavy atom. The fraction of sp³-hybridized carbons (Fsp3) is 0.367. The Labute approximate surface area is 218 Å². The number of amides is 1. The molecule has 5 rings (SSSR count). The van der Waals surface area contributed by atoms with Gasteiger partial charge in [-0.05, 0) is 69.5 Å². The third-order valence-electron chi connectivity index (χ3n) is 7.19. The number of pyridine rings is 1. The fourth-order valence-electron chi connectivity index (χ4n) is 5.17.